The minimum absolute atomic E-state index is 0.237. The Balaban J connectivity index is 1.68. The van der Waals surface area contributed by atoms with Gasteiger partial charge in [-0.05, 0) is 52.7 Å². The first-order valence-corrected chi connectivity index (χ1v) is 7.32. The monoisotopic (exact) mass is 328 g/mol. The zero-order valence-corrected chi connectivity index (χ0v) is 12.8. The van der Waals surface area contributed by atoms with Gasteiger partial charge in [-0.1, -0.05) is 11.6 Å². The summed E-state index contributed by atoms with van der Waals surface area (Å²) in [5.74, 6) is -0.237. The third-order valence-electron chi connectivity index (χ3n) is 3.26. The largest absolute Gasteiger partial charge is 0.352 e. The van der Waals surface area contributed by atoms with Gasteiger partial charge in [0.05, 0.1) is 16.3 Å². The van der Waals surface area contributed by atoms with Gasteiger partial charge in [0.2, 0.25) is 0 Å². The fourth-order valence-electron chi connectivity index (χ4n) is 2.07. The number of amides is 1. The van der Waals surface area contributed by atoms with Crippen molar-refractivity contribution in [1.29, 1.82) is 0 Å². The number of tetrazole rings is 1. The van der Waals surface area contributed by atoms with Crippen molar-refractivity contribution in [3.8, 4) is 5.69 Å². The van der Waals surface area contributed by atoms with Gasteiger partial charge in [0, 0.05) is 18.9 Å². The van der Waals surface area contributed by atoms with Gasteiger partial charge in [-0.15, -0.1) is 5.10 Å². The number of benzene rings is 1. The molecule has 2 aromatic heterocycles. The molecular formula is C15H13ClN6O. The second-order valence-electron chi connectivity index (χ2n) is 4.78. The lowest BCUT2D eigenvalue weighted by Gasteiger charge is -2.08. The maximum atomic E-state index is 12.3. The fourth-order valence-corrected chi connectivity index (χ4v) is 2.28. The minimum atomic E-state index is -0.237. The summed E-state index contributed by atoms with van der Waals surface area (Å²) in [7, 11) is 0. The molecule has 0 aliphatic heterocycles. The van der Waals surface area contributed by atoms with Crippen LogP contribution in [-0.4, -0.2) is 37.6 Å². The van der Waals surface area contributed by atoms with Crippen molar-refractivity contribution in [3.05, 3.63) is 65.2 Å². The summed E-state index contributed by atoms with van der Waals surface area (Å²) in [6.45, 7) is 0.508. The molecule has 0 saturated carbocycles. The van der Waals surface area contributed by atoms with Gasteiger partial charge in [-0.25, -0.2) is 4.68 Å². The molecule has 8 heteroatoms. The van der Waals surface area contributed by atoms with E-state index >= 15 is 0 Å². The quantitative estimate of drug-likeness (QED) is 0.770. The number of nitrogens with one attached hydrogen (secondary N) is 1. The fraction of sp³-hybridized carbons (Fsp3) is 0.133. The van der Waals surface area contributed by atoms with E-state index in [2.05, 4.69) is 25.8 Å². The lowest BCUT2D eigenvalue weighted by molar-refractivity contribution is 0.0954. The van der Waals surface area contributed by atoms with Crippen LogP contribution >= 0.6 is 11.6 Å². The Morgan fingerprint density at radius 2 is 2.04 bits per heavy atom. The summed E-state index contributed by atoms with van der Waals surface area (Å²) < 4.78 is 1.46. The van der Waals surface area contributed by atoms with E-state index in [1.807, 2.05) is 12.1 Å². The van der Waals surface area contributed by atoms with Crippen LogP contribution < -0.4 is 5.32 Å². The standard InChI is InChI=1S/C15H13ClN6O/c16-14-2-1-12(22-10-19-20-21-22)9-13(14)15(23)18-8-5-11-3-6-17-7-4-11/h1-4,6-7,9-10H,5,8H2,(H,18,23). The molecule has 1 amide bonds. The SMILES string of the molecule is O=C(NCCc1ccncc1)c1cc(-n2cnnn2)ccc1Cl. The van der Waals surface area contributed by atoms with Crippen LogP contribution in [0.15, 0.2) is 49.1 Å². The zero-order chi connectivity index (χ0) is 16.1. The molecule has 3 rings (SSSR count). The normalized spacial score (nSPS) is 10.5. The number of hydrogen-bond acceptors (Lipinski definition) is 5. The molecule has 23 heavy (non-hydrogen) atoms. The maximum absolute atomic E-state index is 12.3. The van der Waals surface area contributed by atoms with E-state index in [1.165, 1.54) is 11.0 Å². The van der Waals surface area contributed by atoms with Gasteiger partial charge >= 0.3 is 0 Å². The number of carbonyl (C=O) groups excluding carboxylic acids is 1. The van der Waals surface area contributed by atoms with Crippen molar-refractivity contribution >= 4 is 17.5 Å². The van der Waals surface area contributed by atoms with Crippen LogP contribution in [0.5, 0.6) is 0 Å². The van der Waals surface area contributed by atoms with E-state index in [1.54, 1.807) is 30.6 Å². The van der Waals surface area contributed by atoms with Gasteiger partial charge in [-0.3, -0.25) is 9.78 Å². The first-order chi connectivity index (χ1) is 11.2. The van der Waals surface area contributed by atoms with E-state index in [4.69, 9.17) is 11.6 Å². The highest BCUT2D eigenvalue weighted by molar-refractivity contribution is 6.33. The Morgan fingerprint density at radius 1 is 1.22 bits per heavy atom. The summed E-state index contributed by atoms with van der Waals surface area (Å²) in [5, 5.41) is 14.2. The van der Waals surface area contributed by atoms with Crippen molar-refractivity contribution in [2.45, 2.75) is 6.42 Å². The summed E-state index contributed by atoms with van der Waals surface area (Å²) in [6, 6.07) is 8.87. The summed E-state index contributed by atoms with van der Waals surface area (Å²) in [6.07, 6.45) is 5.63. The van der Waals surface area contributed by atoms with Crippen LogP contribution in [0.1, 0.15) is 15.9 Å². The Labute approximate surface area is 137 Å². The molecule has 1 aromatic carbocycles. The Bertz CT molecular complexity index is 791. The molecule has 116 valence electrons. The predicted molar refractivity (Wildman–Crippen MR) is 84.4 cm³/mol. The summed E-state index contributed by atoms with van der Waals surface area (Å²) in [4.78, 5) is 16.3. The number of pyridine rings is 1. The van der Waals surface area contributed by atoms with Gasteiger partial charge in [0.1, 0.15) is 6.33 Å². The highest BCUT2D eigenvalue weighted by Crippen LogP contribution is 2.19. The molecule has 7 nitrogen and oxygen atoms in total. The molecule has 0 fully saturated rings. The Kier molecular flexibility index (Phi) is 4.58. The number of hydrogen-bond donors (Lipinski definition) is 1. The molecular weight excluding hydrogens is 316 g/mol. The molecule has 1 N–H and O–H groups in total. The highest BCUT2D eigenvalue weighted by Gasteiger charge is 2.12. The van der Waals surface area contributed by atoms with Gasteiger partial charge in [0.15, 0.2) is 0 Å². The van der Waals surface area contributed by atoms with E-state index in [0.717, 1.165) is 12.0 Å². The summed E-state index contributed by atoms with van der Waals surface area (Å²) in [5.41, 5.74) is 2.15. The smallest absolute Gasteiger partial charge is 0.252 e. The van der Waals surface area contributed by atoms with Crippen LogP contribution in [0.2, 0.25) is 5.02 Å². The summed E-state index contributed by atoms with van der Waals surface area (Å²) >= 11 is 6.12. The van der Waals surface area contributed by atoms with Crippen LogP contribution in [0.4, 0.5) is 0 Å². The first kappa shape index (κ1) is 15.1. The molecule has 0 spiro atoms. The highest BCUT2D eigenvalue weighted by atomic mass is 35.5. The molecule has 0 atom stereocenters. The van der Waals surface area contributed by atoms with E-state index in [-0.39, 0.29) is 5.91 Å². The van der Waals surface area contributed by atoms with Crippen LogP contribution in [0.3, 0.4) is 0 Å². The lowest BCUT2D eigenvalue weighted by Crippen LogP contribution is -2.26. The number of nitrogens with zero attached hydrogens (tertiary/aromatic N) is 5. The van der Waals surface area contributed by atoms with Gasteiger partial charge in [-0.2, -0.15) is 0 Å². The van der Waals surface area contributed by atoms with Crippen molar-refractivity contribution < 1.29 is 4.79 Å². The number of rotatable bonds is 5. The van der Waals surface area contributed by atoms with Gasteiger partial charge < -0.3 is 5.32 Å². The molecule has 0 bridgehead atoms. The lowest BCUT2D eigenvalue weighted by atomic mass is 10.1. The van der Waals surface area contributed by atoms with Crippen molar-refractivity contribution in [1.82, 2.24) is 30.5 Å². The van der Waals surface area contributed by atoms with Crippen LogP contribution in [0.25, 0.3) is 5.69 Å². The van der Waals surface area contributed by atoms with Crippen molar-refractivity contribution in [2.75, 3.05) is 6.54 Å². The number of halogens is 1. The zero-order valence-electron chi connectivity index (χ0n) is 12.1. The van der Waals surface area contributed by atoms with Gasteiger partial charge in [0.25, 0.3) is 5.91 Å². The molecule has 0 unspecified atom stereocenters. The molecule has 2 heterocycles. The van der Waals surface area contributed by atoms with Crippen LogP contribution in [-0.2, 0) is 6.42 Å². The van der Waals surface area contributed by atoms with Crippen molar-refractivity contribution in [3.63, 3.8) is 0 Å². The third kappa shape index (κ3) is 3.70. The van der Waals surface area contributed by atoms with E-state index < -0.39 is 0 Å². The average molecular weight is 329 g/mol. The maximum Gasteiger partial charge on any atom is 0.252 e. The van der Waals surface area contributed by atoms with E-state index in [0.29, 0.717) is 22.8 Å². The predicted octanol–water partition coefficient (Wildman–Crippen LogP) is 1.68. The molecule has 3 aromatic rings. The molecule has 0 saturated heterocycles. The molecule has 0 aliphatic carbocycles. The Hall–Kier alpha value is -2.80. The van der Waals surface area contributed by atoms with Crippen molar-refractivity contribution in [2.24, 2.45) is 0 Å². The Morgan fingerprint density at radius 3 is 2.78 bits per heavy atom. The minimum Gasteiger partial charge on any atom is -0.352 e. The van der Waals surface area contributed by atoms with E-state index in [9.17, 15) is 4.79 Å². The third-order valence-corrected chi connectivity index (χ3v) is 3.59. The number of carbonyl (C=O) groups is 1. The average Bonchev–Trinajstić information content (AvgIpc) is 3.10. The first-order valence-electron chi connectivity index (χ1n) is 6.94. The topological polar surface area (TPSA) is 85.6 Å². The second-order valence-corrected chi connectivity index (χ2v) is 5.19. The molecule has 0 radical (unpaired) electrons. The molecule has 0 aliphatic rings. The second kappa shape index (κ2) is 6.97. The van der Waals surface area contributed by atoms with Crippen LogP contribution in [0, 0.1) is 0 Å². The number of aromatic nitrogens is 5.